The Morgan fingerprint density at radius 2 is 1.48 bits per heavy atom. The summed E-state index contributed by atoms with van der Waals surface area (Å²) in [5.74, 6) is -1.00. The second kappa shape index (κ2) is 7.87. The number of hydrogen-bond acceptors (Lipinski definition) is 2. The van der Waals surface area contributed by atoms with Crippen LogP contribution in [0.1, 0.15) is 28.4 Å². The smallest absolute Gasteiger partial charge is 0.350 e. The van der Waals surface area contributed by atoms with Crippen molar-refractivity contribution in [1.82, 2.24) is 10.6 Å². The standard InChI is InChI=1S/C13H14F6N2O.ClH/c1-7(20-2)6-21-11(22)8-3-9(12(14,15)16)5-10(4-8)13(17,18)19;/h3-5,7,20H,6H2,1-2H3,(H,21,22);1H. The van der Waals surface area contributed by atoms with E-state index in [4.69, 9.17) is 0 Å². The fourth-order valence-corrected chi connectivity index (χ4v) is 1.54. The second-order valence-corrected chi connectivity index (χ2v) is 4.69. The third-order valence-electron chi connectivity index (χ3n) is 2.91. The van der Waals surface area contributed by atoms with Crippen molar-refractivity contribution < 1.29 is 31.1 Å². The van der Waals surface area contributed by atoms with Gasteiger partial charge >= 0.3 is 12.4 Å². The molecular weight excluding hydrogens is 350 g/mol. The molecule has 10 heteroatoms. The summed E-state index contributed by atoms with van der Waals surface area (Å²) in [5, 5.41) is 5.04. The Hall–Kier alpha value is -1.48. The Balaban J connectivity index is 0.00000484. The normalized spacial score (nSPS) is 13.2. The zero-order valence-corrected chi connectivity index (χ0v) is 12.9. The van der Waals surface area contributed by atoms with Gasteiger partial charge in [-0.2, -0.15) is 26.3 Å². The largest absolute Gasteiger partial charge is 0.416 e. The third kappa shape index (κ3) is 6.26. The highest BCUT2D eigenvalue weighted by Gasteiger charge is 2.37. The molecule has 0 aromatic heterocycles. The van der Waals surface area contributed by atoms with Gasteiger partial charge in [-0.15, -0.1) is 12.4 Å². The summed E-state index contributed by atoms with van der Waals surface area (Å²) in [6.45, 7) is 1.75. The predicted octanol–water partition coefficient (Wildman–Crippen LogP) is 3.48. The second-order valence-electron chi connectivity index (χ2n) is 4.69. The molecule has 2 N–H and O–H groups in total. The fourth-order valence-electron chi connectivity index (χ4n) is 1.54. The molecule has 1 unspecified atom stereocenters. The first kappa shape index (κ1) is 21.5. The molecule has 0 radical (unpaired) electrons. The maximum atomic E-state index is 12.7. The first-order valence-corrected chi connectivity index (χ1v) is 6.20. The van der Waals surface area contributed by atoms with Crippen molar-refractivity contribution >= 4 is 18.3 Å². The van der Waals surface area contributed by atoms with Gasteiger partial charge in [-0.3, -0.25) is 4.79 Å². The summed E-state index contributed by atoms with van der Waals surface area (Å²) >= 11 is 0. The molecule has 3 nitrogen and oxygen atoms in total. The number of nitrogens with one attached hydrogen (secondary N) is 2. The molecule has 1 aromatic rings. The van der Waals surface area contributed by atoms with Gasteiger partial charge in [0.2, 0.25) is 0 Å². The topological polar surface area (TPSA) is 41.1 Å². The molecule has 132 valence electrons. The SMILES string of the molecule is CNC(C)CNC(=O)c1cc(C(F)(F)F)cc(C(F)(F)F)c1.Cl. The van der Waals surface area contributed by atoms with Crippen LogP contribution in [-0.4, -0.2) is 25.5 Å². The first-order valence-electron chi connectivity index (χ1n) is 6.20. The van der Waals surface area contributed by atoms with Gasteiger partial charge in [0.05, 0.1) is 11.1 Å². The van der Waals surface area contributed by atoms with Crippen LogP contribution >= 0.6 is 12.4 Å². The van der Waals surface area contributed by atoms with Crippen LogP contribution < -0.4 is 10.6 Å². The molecule has 0 bridgehead atoms. The van der Waals surface area contributed by atoms with Crippen molar-refractivity contribution in [3.05, 3.63) is 34.9 Å². The Kier molecular flexibility index (Phi) is 7.36. The van der Waals surface area contributed by atoms with Gasteiger partial charge in [-0.05, 0) is 32.2 Å². The Labute approximate surface area is 134 Å². The van der Waals surface area contributed by atoms with E-state index in [0.717, 1.165) is 0 Å². The molecular formula is C13H15ClF6N2O. The van der Waals surface area contributed by atoms with Crippen LogP contribution in [-0.2, 0) is 12.4 Å². The summed E-state index contributed by atoms with van der Waals surface area (Å²) in [6, 6.07) is 0.591. The van der Waals surface area contributed by atoms with Crippen molar-refractivity contribution in [1.29, 1.82) is 0 Å². The Morgan fingerprint density at radius 1 is 1.04 bits per heavy atom. The highest BCUT2D eigenvalue weighted by molar-refractivity contribution is 5.94. The van der Waals surface area contributed by atoms with Gasteiger partial charge in [0, 0.05) is 18.2 Å². The van der Waals surface area contributed by atoms with Crippen molar-refractivity contribution in [3.8, 4) is 0 Å². The van der Waals surface area contributed by atoms with Crippen LogP contribution in [0.25, 0.3) is 0 Å². The van der Waals surface area contributed by atoms with Crippen LogP contribution in [0, 0.1) is 0 Å². The molecule has 0 aliphatic heterocycles. The number of carbonyl (C=O) groups is 1. The zero-order chi connectivity index (χ0) is 17.1. The Bertz CT molecular complexity index is 512. The van der Waals surface area contributed by atoms with Crippen LogP contribution in [0.5, 0.6) is 0 Å². The van der Waals surface area contributed by atoms with Gasteiger partial charge in [0.15, 0.2) is 0 Å². The van der Waals surface area contributed by atoms with Crippen LogP contribution in [0.2, 0.25) is 0 Å². The minimum Gasteiger partial charge on any atom is -0.350 e. The summed E-state index contributed by atoms with van der Waals surface area (Å²) in [7, 11) is 1.60. The molecule has 0 heterocycles. The lowest BCUT2D eigenvalue weighted by Crippen LogP contribution is -2.37. The summed E-state index contributed by atoms with van der Waals surface area (Å²) in [4.78, 5) is 11.7. The minimum atomic E-state index is -4.98. The number of likely N-dealkylation sites (N-methyl/N-ethyl adjacent to an activating group) is 1. The molecule has 1 rings (SSSR count). The van der Waals surface area contributed by atoms with Crippen LogP contribution in [0.15, 0.2) is 18.2 Å². The van der Waals surface area contributed by atoms with E-state index in [1.165, 1.54) is 0 Å². The fraction of sp³-hybridized carbons (Fsp3) is 0.462. The summed E-state index contributed by atoms with van der Waals surface area (Å²) in [5.41, 5.74) is -3.73. The van der Waals surface area contributed by atoms with Gasteiger partial charge in [-0.25, -0.2) is 0 Å². The van der Waals surface area contributed by atoms with Crippen LogP contribution in [0.3, 0.4) is 0 Å². The third-order valence-corrected chi connectivity index (χ3v) is 2.91. The van der Waals surface area contributed by atoms with E-state index in [0.29, 0.717) is 12.1 Å². The van der Waals surface area contributed by atoms with E-state index in [1.54, 1.807) is 14.0 Å². The number of amides is 1. The summed E-state index contributed by atoms with van der Waals surface area (Å²) in [6.07, 6.45) is -9.96. The highest BCUT2D eigenvalue weighted by atomic mass is 35.5. The number of benzene rings is 1. The predicted molar refractivity (Wildman–Crippen MR) is 74.5 cm³/mol. The lowest BCUT2D eigenvalue weighted by molar-refractivity contribution is -0.143. The number of alkyl halides is 6. The quantitative estimate of drug-likeness (QED) is 0.803. The van der Waals surface area contributed by atoms with Gasteiger partial charge < -0.3 is 10.6 Å². The van der Waals surface area contributed by atoms with E-state index in [9.17, 15) is 31.1 Å². The number of carbonyl (C=O) groups excluding carboxylic acids is 1. The van der Waals surface area contributed by atoms with E-state index in [2.05, 4.69) is 10.6 Å². The number of rotatable bonds is 4. The number of halogens is 7. The molecule has 0 aliphatic rings. The van der Waals surface area contributed by atoms with E-state index in [1.807, 2.05) is 0 Å². The van der Waals surface area contributed by atoms with Crippen molar-refractivity contribution in [3.63, 3.8) is 0 Å². The lowest BCUT2D eigenvalue weighted by Gasteiger charge is -2.15. The summed E-state index contributed by atoms with van der Waals surface area (Å²) < 4.78 is 76.0. The van der Waals surface area contributed by atoms with Gasteiger partial charge in [0.25, 0.3) is 5.91 Å². The molecule has 0 saturated carbocycles. The molecule has 1 aromatic carbocycles. The highest BCUT2D eigenvalue weighted by Crippen LogP contribution is 2.36. The van der Waals surface area contributed by atoms with Gasteiger partial charge in [-0.1, -0.05) is 0 Å². The van der Waals surface area contributed by atoms with E-state index in [-0.39, 0.29) is 31.1 Å². The maximum absolute atomic E-state index is 12.7. The molecule has 0 saturated heterocycles. The van der Waals surface area contributed by atoms with Crippen LogP contribution in [0.4, 0.5) is 26.3 Å². The lowest BCUT2D eigenvalue weighted by atomic mass is 10.0. The van der Waals surface area contributed by atoms with Crippen molar-refractivity contribution in [2.45, 2.75) is 25.3 Å². The van der Waals surface area contributed by atoms with E-state index < -0.39 is 35.0 Å². The minimum absolute atomic E-state index is 0. The molecule has 1 atom stereocenters. The Morgan fingerprint density at radius 3 is 1.83 bits per heavy atom. The maximum Gasteiger partial charge on any atom is 0.416 e. The first-order chi connectivity index (χ1) is 9.95. The average molecular weight is 365 g/mol. The van der Waals surface area contributed by atoms with Gasteiger partial charge in [0.1, 0.15) is 0 Å². The average Bonchev–Trinajstić information content (AvgIpc) is 2.41. The van der Waals surface area contributed by atoms with E-state index >= 15 is 0 Å². The molecule has 1 amide bonds. The van der Waals surface area contributed by atoms with Crippen molar-refractivity contribution in [2.75, 3.05) is 13.6 Å². The molecule has 0 spiro atoms. The monoisotopic (exact) mass is 364 g/mol. The molecule has 0 aliphatic carbocycles. The number of hydrogen-bond donors (Lipinski definition) is 2. The molecule has 23 heavy (non-hydrogen) atoms. The molecule has 0 fully saturated rings. The zero-order valence-electron chi connectivity index (χ0n) is 12.1. The van der Waals surface area contributed by atoms with Crippen molar-refractivity contribution in [2.24, 2.45) is 0 Å².